The first-order valence-electron chi connectivity index (χ1n) is 7.08. The third-order valence-corrected chi connectivity index (χ3v) is 4.19. The first kappa shape index (κ1) is 12.3. The average molecular weight is 255 g/mol. The van der Waals surface area contributed by atoms with Gasteiger partial charge in [-0.2, -0.15) is 0 Å². The molecular weight excluding hydrogens is 234 g/mol. The van der Waals surface area contributed by atoms with Gasteiger partial charge in [0, 0.05) is 35.2 Å². The first-order valence-corrected chi connectivity index (χ1v) is 7.08. The maximum atomic E-state index is 5.99. The van der Waals surface area contributed by atoms with Gasteiger partial charge in [0.2, 0.25) is 0 Å². The number of hydrogen-bond donors (Lipinski definition) is 1. The second-order valence-electron chi connectivity index (χ2n) is 5.72. The van der Waals surface area contributed by atoms with Crippen molar-refractivity contribution in [1.29, 1.82) is 0 Å². The number of benzene rings is 1. The summed E-state index contributed by atoms with van der Waals surface area (Å²) in [4.78, 5) is 6.74. The quantitative estimate of drug-likeness (QED) is 0.893. The summed E-state index contributed by atoms with van der Waals surface area (Å²) in [6.07, 6.45) is 4.37. The lowest BCUT2D eigenvalue weighted by molar-refractivity contribution is 0.492. The van der Waals surface area contributed by atoms with Gasteiger partial charge in [-0.1, -0.05) is 26.0 Å². The van der Waals surface area contributed by atoms with Crippen molar-refractivity contribution in [3.05, 3.63) is 30.5 Å². The van der Waals surface area contributed by atoms with Crippen molar-refractivity contribution >= 4 is 22.3 Å². The minimum absolute atomic E-state index is 0.625. The molecule has 0 saturated carbocycles. The molecule has 2 N–H and O–H groups in total. The molecule has 1 aliphatic rings. The summed E-state index contributed by atoms with van der Waals surface area (Å²) >= 11 is 0. The summed E-state index contributed by atoms with van der Waals surface area (Å²) < 4.78 is 0. The van der Waals surface area contributed by atoms with E-state index in [9.17, 15) is 0 Å². The molecule has 3 rings (SSSR count). The van der Waals surface area contributed by atoms with E-state index in [1.165, 1.54) is 23.9 Å². The van der Waals surface area contributed by atoms with Crippen molar-refractivity contribution in [2.45, 2.75) is 32.7 Å². The van der Waals surface area contributed by atoms with Crippen molar-refractivity contribution in [2.75, 3.05) is 17.2 Å². The molecule has 0 spiro atoms. The molecule has 3 heteroatoms. The van der Waals surface area contributed by atoms with Crippen LogP contribution in [-0.4, -0.2) is 17.6 Å². The normalized spacial score (nSPS) is 19.5. The maximum absolute atomic E-state index is 5.99. The van der Waals surface area contributed by atoms with Crippen molar-refractivity contribution in [2.24, 2.45) is 5.92 Å². The molecule has 0 radical (unpaired) electrons. The first-order chi connectivity index (χ1) is 9.18. The third-order valence-electron chi connectivity index (χ3n) is 4.19. The van der Waals surface area contributed by atoms with Gasteiger partial charge in [0.25, 0.3) is 0 Å². The summed E-state index contributed by atoms with van der Waals surface area (Å²) in [6, 6.07) is 9.08. The second kappa shape index (κ2) is 4.72. The molecule has 1 aliphatic heterocycles. The molecule has 1 aromatic heterocycles. The smallest absolute Gasteiger partial charge is 0.131 e. The number of nitrogens with zero attached hydrogens (tertiary/aromatic N) is 2. The van der Waals surface area contributed by atoms with E-state index >= 15 is 0 Å². The van der Waals surface area contributed by atoms with Gasteiger partial charge in [0.15, 0.2) is 0 Å². The van der Waals surface area contributed by atoms with Gasteiger partial charge in [-0.05, 0) is 30.9 Å². The van der Waals surface area contributed by atoms with Gasteiger partial charge >= 0.3 is 0 Å². The third kappa shape index (κ3) is 2.03. The summed E-state index contributed by atoms with van der Waals surface area (Å²) in [7, 11) is 0. The minimum Gasteiger partial charge on any atom is -0.383 e. The maximum Gasteiger partial charge on any atom is 0.131 e. The fourth-order valence-electron chi connectivity index (χ4n) is 3.25. The van der Waals surface area contributed by atoms with Crippen molar-refractivity contribution in [1.82, 2.24) is 4.98 Å². The largest absolute Gasteiger partial charge is 0.383 e. The van der Waals surface area contributed by atoms with Gasteiger partial charge < -0.3 is 10.6 Å². The lowest BCUT2D eigenvalue weighted by Gasteiger charge is -2.30. The predicted octanol–water partition coefficient (Wildman–Crippen LogP) is 3.44. The molecule has 0 bridgehead atoms. The Labute approximate surface area is 114 Å². The van der Waals surface area contributed by atoms with E-state index in [0.717, 1.165) is 11.9 Å². The lowest BCUT2D eigenvalue weighted by atomic mass is 10.0. The zero-order valence-corrected chi connectivity index (χ0v) is 11.6. The van der Waals surface area contributed by atoms with E-state index in [4.69, 9.17) is 5.73 Å². The number of aromatic nitrogens is 1. The summed E-state index contributed by atoms with van der Waals surface area (Å²) in [5, 5.41) is 2.29. The topological polar surface area (TPSA) is 42.1 Å². The van der Waals surface area contributed by atoms with E-state index < -0.39 is 0 Å². The molecule has 2 heterocycles. The van der Waals surface area contributed by atoms with E-state index in [2.05, 4.69) is 48.0 Å². The van der Waals surface area contributed by atoms with Crippen molar-refractivity contribution in [3.8, 4) is 0 Å². The van der Waals surface area contributed by atoms with E-state index in [1.807, 2.05) is 6.20 Å². The number of nitrogen functional groups attached to an aromatic ring is 1. The summed E-state index contributed by atoms with van der Waals surface area (Å²) in [5.41, 5.74) is 7.30. The fraction of sp³-hybridized carbons (Fsp3) is 0.438. The molecular formula is C16H21N3. The van der Waals surface area contributed by atoms with Crippen LogP contribution in [0.3, 0.4) is 0 Å². The second-order valence-corrected chi connectivity index (χ2v) is 5.72. The van der Waals surface area contributed by atoms with Crippen LogP contribution in [0.15, 0.2) is 30.5 Å². The number of pyridine rings is 1. The van der Waals surface area contributed by atoms with Crippen molar-refractivity contribution < 1.29 is 0 Å². The Kier molecular flexibility index (Phi) is 3.05. The lowest BCUT2D eigenvalue weighted by Crippen LogP contribution is -2.33. The zero-order valence-electron chi connectivity index (χ0n) is 11.6. The average Bonchev–Trinajstić information content (AvgIpc) is 2.88. The van der Waals surface area contributed by atoms with Crippen LogP contribution in [0.2, 0.25) is 0 Å². The molecule has 3 nitrogen and oxygen atoms in total. The highest BCUT2D eigenvalue weighted by Crippen LogP contribution is 2.35. The fourth-order valence-corrected chi connectivity index (χ4v) is 3.25. The summed E-state index contributed by atoms with van der Waals surface area (Å²) in [6.45, 7) is 5.76. The molecule has 100 valence electrons. The Hall–Kier alpha value is -1.77. The van der Waals surface area contributed by atoms with E-state index in [0.29, 0.717) is 17.8 Å². The van der Waals surface area contributed by atoms with Gasteiger partial charge in [0.05, 0.1) is 0 Å². The minimum atomic E-state index is 0.625. The number of anilines is 2. The van der Waals surface area contributed by atoms with Crippen LogP contribution >= 0.6 is 0 Å². The van der Waals surface area contributed by atoms with E-state index in [1.54, 1.807) is 0 Å². The van der Waals surface area contributed by atoms with Crippen LogP contribution in [0.4, 0.5) is 11.5 Å². The Morgan fingerprint density at radius 1 is 1.26 bits per heavy atom. The van der Waals surface area contributed by atoms with E-state index in [-0.39, 0.29) is 0 Å². The van der Waals surface area contributed by atoms with Crippen LogP contribution < -0.4 is 10.6 Å². The highest BCUT2D eigenvalue weighted by molar-refractivity contribution is 5.99. The van der Waals surface area contributed by atoms with Crippen LogP contribution in [0.1, 0.15) is 26.7 Å². The highest BCUT2D eigenvalue weighted by Gasteiger charge is 2.28. The van der Waals surface area contributed by atoms with Gasteiger partial charge in [0.1, 0.15) is 5.82 Å². The molecule has 0 aliphatic carbocycles. The number of hydrogen-bond acceptors (Lipinski definition) is 3. The summed E-state index contributed by atoms with van der Waals surface area (Å²) in [5.74, 6) is 1.30. The van der Waals surface area contributed by atoms with Gasteiger partial charge in [-0.25, -0.2) is 4.98 Å². The van der Waals surface area contributed by atoms with Gasteiger partial charge in [-0.3, -0.25) is 0 Å². The highest BCUT2D eigenvalue weighted by atomic mass is 15.2. The number of rotatable bonds is 2. The van der Waals surface area contributed by atoms with Crippen LogP contribution in [0, 0.1) is 5.92 Å². The molecule has 1 aromatic carbocycles. The molecule has 2 aromatic rings. The Morgan fingerprint density at radius 2 is 2.11 bits per heavy atom. The molecule has 1 atom stereocenters. The van der Waals surface area contributed by atoms with Gasteiger partial charge in [-0.15, -0.1) is 0 Å². The Balaban J connectivity index is 2.12. The number of fused-ring (bicyclic) bond motifs is 1. The van der Waals surface area contributed by atoms with Crippen molar-refractivity contribution in [3.63, 3.8) is 0 Å². The van der Waals surface area contributed by atoms with Crippen LogP contribution in [0.25, 0.3) is 10.8 Å². The predicted molar refractivity (Wildman–Crippen MR) is 81.4 cm³/mol. The molecule has 19 heavy (non-hydrogen) atoms. The standard InChI is InChI=1S/C16H21N3/c1-11(2)14-7-4-10-19(14)15-6-3-5-13-12(15)8-9-18-16(13)17/h3,5-6,8-9,11,14H,4,7,10H2,1-2H3,(H2,17,18). The molecule has 1 saturated heterocycles. The zero-order chi connectivity index (χ0) is 13.4. The Morgan fingerprint density at radius 3 is 2.89 bits per heavy atom. The Bertz CT molecular complexity index is 592. The van der Waals surface area contributed by atoms with Crippen LogP contribution in [-0.2, 0) is 0 Å². The number of nitrogens with two attached hydrogens (primary N) is 1. The molecule has 0 amide bonds. The molecule has 1 unspecified atom stereocenters. The van der Waals surface area contributed by atoms with Crippen LogP contribution in [0.5, 0.6) is 0 Å². The SMILES string of the molecule is CC(C)C1CCCN1c1cccc2c(N)nccc12. The molecule has 1 fully saturated rings. The monoisotopic (exact) mass is 255 g/mol.